The monoisotopic (exact) mass is 478 g/mol. The summed E-state index contributed by atoms with van der Waals surface area (Å²) in [4.78, 5) is 25.6. The highest BCUT2D eigenvalue weighted by Gasteiger charge is 2.23. The van der Waals surface area contributed by atoms with Crippen LogP contribution in [-0.4, -0.2) is 18.5 Å². The number of carbonyl (C=O) groups excluding carboxylic acids is 2. The van der Waals surface area contributed by atoms with E-state index in [2.05, 4.69) is 19.2 Å². The Labute approximate surface area is 202 Å². The average molecular weight is 479 g/mol. The molecule has 0 unspecified atom stereocenters. The third kappa shape index (κ3) is 5.89. The Morgan fingerprint density at radius 1 is 1.15 bits per heavy atom. The lowest BCUT2D eigenvalue weighted by Gasteiger charge is -2.09. The first-order chi connectivity index (χ1) is 15.8. The number of esters is 1. The maximum Gasteiger partial charge on any atom is 0.341 e. The van der Waals surface area contributed by atoms with E-state index in [0.717, 1.165) is 11.1 Å². The zero-order valence-corrected chi connectivity index (χ0v) is 20.1. The second-order valence-electron chi connectivity index (χ2n) is 7.53. The van der Waals surface area contributed by atoms with Crippen molar-refractivity contribution in [2.24, 2.45) is 0 Å². The molecule has 0 saturated heterocycles. The second kappa shape index (κ2) is 11.0. The first-order valence-electron chi connectivity index (χ1n) is 10.4. The van der Waals surface area contributed by atoms with E-state index in [9.17, 15) is 14.9 Å². The van der Waals surface area contributed by atoms with Gasteiger partial charge in [0.2, 0.25) is 0 Å². The van der Waals surface area contributed by atoms with Gasteiger partial charge in [-0.15, -0.1) is 11.3 Å². The summed E-state index contributed by atoms with van der Waals surface area (Å²) in [6.45, 7) is 6.10. The molecule has 0 aliphatic carbocycles. The SMILES string of the molecule is CCOC(=O)c1c(-c2ccc(Cl)cc2)csc1NC(=O)/C(C#N)=C/c1ccc(C(C)C)cc1. The fourth-order valence-corrected chi connectivity index (χ4v) is 4.24. The van der Waals surface area contributed by atoms with Crippen LogP contribution in [0.15, 0.2) is 59.5 Å². The summed E-state index contributed by atoms with van der Waals surface area (Å²) < 4.78 is 5.22. The van der Waals surface area contributed by atoms with Gasteiger partial charge in [-0.1, -0.05) is 61.8 Å². The van der Waals surface area contributed by atoms with Gasteiger partial charge in [0, 0.05) is 16.0 Å². The Kier molecular flexibility index (Phi) is 8.05. The molecular weight excluding hydrogens is 456 g/mol. The average Bonchev–Trinajstić information content (AvgIpc) is 3.21. The minimum Gasteiger partial charge on any atom is -0.462 e. The van der Waals surface area contributed by atoms with Crippen LogP contribution in [0.25, 0.3) is 17.2 Å². The van der Waals surface area contributed by atoms with Gasteiger partial charge in [0.25, 0.3) is 5.91 Å². The number of rotatable bonds is 7. The lowest BCUT2D eigenvalue weighted by molar-refractivity contribution is -0.112. The van der Waals surface area contributed by atoms with Crippen LogP contribution in [0.4, 0.5) is 5.00 Å². The quantitative estimate of drug-likeness (QED) is 0.227. The van der Waals surface area contributed by atoms with Crippen molar-refractivity contribution >= 4 is 45.9 Å². The summed E-state index contributed by atoms with van der Waals surface area (Å²) in [7, 11) is 0. The Morgan fingerprint density at radius 2 is 1.82 bits per heavy atom. The topological polar surface area (TPSA) is 79.2 Å². The Balaban J connectivity index is 1.92. The predicted octanol–water partition coefficient (Wildman–Crippen LogP) is 6.91. The molecule has 168 valence electrons. The highest BCUT2D eigenvalue weighted by atomic mass is 35.5. The number of hydrogen-bond donors (Lipinski definition) is 1. The highest BCUT2D eigenvalue weighted by Crippen LogP contribution is 2.37. The first kappa shape index (κ1) is 24.2. The Bertz CT molecular complexity index is 1220. The number of nitrogens with one attached hydrogen (secondary N) is 1. The number of amides is 1. The van der Waals surface area contributed by atoms with Crippen molar-refractivity contribution in [1.82, 2.24) is 0 Å². The molecule has 3 aromatic rings. The molecule has 1 heterocycles. The number of carbonyl (C=O) groups is 2. The van der Waals surface area contributed by atoms with E-state index in [-0.39, 0.29) is 17.7 Å². The standard InChI is InChI=1S/C26H23ClN2O3S/c1-4-32-26(31)23-22(19-9-11-21(27)12-10-19)15-33-25(23)29-24(30)20(14-28)13-17-5-7-18(8-6-17)16(2)3/h5-13,15-16H,4H2,1-3H3,(H,29,30)/b20-13+. The van der Waals surface area contributed by atoms with E-state index in [4.69, 9.17) is 16.3 Å². The molecule has 1 N–H and O–H groups in total. The number of thiophene rings is 1. The van der Waals surface area contributed by atoms with Crippen molar-refractivity contribution in [1.29, 1.82) is 5.26 Å². The molecule has 33 heavy (non-hydrogen) atoms. The molecule has 1 aromatic heterocycles. The number of nitriles is 1. The van der Waals surface area contributed by atoms with Crippen LogP contribution in [-0.2, 0) is 9.53 Å². The predicted molar refractivity (Wildman–Crippen MR) is 133 cm³/mol. The summed E-state index contributed by atoms with van der Waals surface area (Å²) in [6.07, 6.45) is 1.52. The summed E-state index contributed by atoms with van der Waals surface area (Å²) in [5, 5.41) is 14.9. The molecule has 5 nitrogen and oxygen atoms in total. The minimum absolute atomic E-state index is 0.0662. The first-order valence-corrected chi connectivity index (χ1v) is 11.7. The van der Waals surface area contributed by atoms with Crippen LogP contribution >= 0.6 is 22.9 Å². The summed E-state index contributed by atoms with van der Waals surface area (Å²) >= 11 is 7.18. The van der Waals surface area contributed by atoms with Crippen LogP contribution < -0.4 is 5.32 Å². The van der Waals surface area contributed by atoms with Gasteiger partial charge in [-0.25, -0.2) is 4.79 Å². The Morgan fingerprint density at radius 3 is 2.39 bits per heavy atom. The molecule has 0 radical (unpaired) electrons. The molecular formula is C26H23ClN2O3S. The van der Waals surface area contributed by atoms with Crippen molar-refractivity contribution in [3.05, 3.63) is 81.2 Å². The highest BCUT2D eigenvalue weighted by molar-refractivity contribution is 7.15. The molecule has 0 bridgehead atoms. The van der Waals surface area contributed by atoms with Gasteiger partial charge in [0.15, 0.2) is 0 Å². The number of hydrogen-bond acceptors (Lipinski definition) is 5. The summed E-state index contributed by atoms with van der Waals surface area (Å²) in [6, 6.07) is 16.7. The Hall–Kier alpha value is -3.40. The summed E-state index contributed by atoms with van der Waals surface area (Å²) in [5.74, 6) is -0.761. The molecule has 0 spiro atoms. The number of ether oxygens (including phenoxy) is 1. The maximum atomic E-state index is 12.9. The molecule has 0 aliphatic rings. The number of benzene rings is 2. The zero-order chi connectivity index (χ0) is 24.0. The van der Waals surface area contributed by atoms with Crippen molar-refractivity contribution in [2.45, 2.75) is 26.7 Å². The van der Waals surface area contributed by atoms with Gasteiger partial charge in [-0.05, 0) is 47.7 Å². The van der Waals surface area contributed by atoms with Gasteiger partial charge in [0.1, 0.15) is 22.2 Å². The third-order valence-electron chi connectivity index (χ3n) is 4.93. The molecule has 0 atom stereocenters. The normalized spacial score (nSPS) is 11.2. The molecule has 1 amide bonds. The van der Waals surface area contributed by atoms with Gasteiger partial charge in [-0.2, -0.15) is 5.26 Å². The second-order valence-corrected chi connectivity index (χ2v) is 8.84. The lowest BCUT2D eigenvalue weighted by atomic mass is 10.0. The zero-order valence-electron chi connectivity index (χ0n) is 18.5. The van der Waals surface area contributed by atoms with E-state index in [1.807, 2.05) is 30.3 Å². The van der Waals surface area contributed by atoms with Crippen LogP contribution in [0.5, 0.6) is 0 Å². The van der Waals surface area contributed by atoms with E-state index in [0.29, 0.717) is 21.5 Å². The smallest absolute Gasteiger partial charge is 0.341 e. The van der Waals surface area contributed by atoms with Crippen LogP contribution in [0.1, 0.15) is 48.2 Å². The molecule has 3 rings (SSSR count). The largest absolute Gasteiger partial charge is 0.462 e. The fraction of sp³-hybridized carbons (Fsp3) is 0.192. The molecule has 0 fully saturated rings. The number of halogens is 1. The van der Waals surface area contributed by atoms with Crippen molar-refractivity contribution in [2.75, 3.05) is 11.9 Å². The minimum atomic E-state index is -0.597. The van der Waals surface area contributed by atoms with Gasteiger partial charge >= 0.3 is 5.97 Å². The molecule has 2 aromatic carbocycles. The summed E-state index contributed by atoms with van der Waals surface area (Å²) in [5.41, 5.74) is 3.48. The van der Waals surface area contributed by atoms with Gasteiger partial charge < -0.3 is 10.1 Å². The van der Waals surface area contributed by atoms with Crippen LogP contribution in [0.2, 0.25) is 5.02 Å². The van der Waals surface area contributed by atoms with Gasteiger partial charge in [-0.3, -0.25) is 4.79 Å². The number of anilines is 1. The fourth-order valence-electron chi connectivity index (χ4n) is 3.16. The van der Waals surface area contributed by atoms with Crippen molar-refractivity contribution in [3.8, 4) is 17.2 Å². The van der Waals surface area contributed by atoms with Crippen LogP contribution in [0.3, 0.4) is 0 Å². The van der Waals surface area contributed by atoms with E-state index < -0.39 is 11.9 Å². The molecule has 7 heteroatoms. The number of nitrogens with zero attached hydrogens (tertiary/aromatic N) is 1. The lowest BCUT2D eigenvalue weighted by Crippen LogP contribution is -2.16. The van der Waals surface area contributed by atoms with E-state index >= 15 is 0 Å². The van der Waals surface area contributed by atoms with E-state index in [1.54, 1.807) is 36.6 Å². The van der Waals surface area contributed by atoms with Gasteiger partial charge in [0.05, 0.1) is 6.61 Å². The van der Waals surface area contributed by atoms with E-state index in [1.165, 1.54) is 23.0 Å². The van der Waals surface area contributed by atoms with Crippen molar-refractivity contribution in [3.63, 3.8) is 0 Å². The van der Waals surface area contributed by atoms with Crippen LogP contribution in [0, 0.1) is 11.3 Å². The molecule has 0 saturated carbocycles. The third-order valence-corrected chi connectivity index (χ3v) is 6.08. The van der Waals surface area contributed by atoms with Crippen molar-refractivity contribution < 1.29 is 14.3 Å². The maximum absolute atomic E-state index is 12.9. The molecule has 0 aliphatic heterocycles.